The number of furan rings is 1. The molecular formula is C24H18ClNO5. The van der Waals surface area contributed by atoms with Crippen molar-refractivity contribution in [2.45, 2.75) is 0 Å². The Morgan fingerprint density at radius 1 is 1.00 bits per heavy atom. The summed E-state index contributed by atoms with van der Waals surface area (Å²) in [7, 11) is 1.49. The number of rotatable bonds is 7. The summed E-state index contributed by atoms with van der Waals surface area (Å²) < 4.78 is 16.4. The van der Waals surface area contributed by atoms with E-state index in [1.54, 1.807) is 48.5 Å². The highest BCUT2D eigenvalue weighted by atomic mass is 35.5. The van der Waals surface area contributed by atoms with Crippen LogP contribution in [0.2, 0.25) is 5.02 Å². The van der Waals surface area contributed by atoms with Gasteiger partial charge in [0.15, 0.2) is 12.4 Å². The number of halogens is 1. The number of ether oxygens (including phenoxy) is 2. The monoisotopic (exact) mass is 435 g/mol. The lowest BCUT2D eigenvalue weighted by atomic mass is 10.1. The Labute approximate surface area is 183 Å². The molecule has 0 saturated carbocycles. The topological polar surface area (TPSA) is 77.8 Å². The molecular weight excluding hydrogens is 418 g/mol. The first-order valence-electron chi connectivity index (χ1n) is 9.44. The quantitative estimate of drug-likeness (QED) is 0.396. The zero-order chi connectivity index (χ0) is 21.8. The highest BCUT2D eigenvalue weighted by Gasteiger charge is 2.24. The van der Waals surface area contributed by atoms with Gasteiger partial charge >= 0.3 is 0 Å². The lowest BCUT2D eigenvalue weighted by molar-refractivity contribution is -0.118. The molecule has 4 rings (SSSR count). The molecule has 0 unspecified atom stereocenters. The van der Waals surface area contributed by atoms with Gasteiger partial charge in [0.2, 0.25) is 5.78 Å². The number of amides is 1. The molecule has 0 atom stereocenters. The zero-order valence-corrected chi connectivity index (χ0v) is 17.3. The van der Waals surface area contributed by atoms with Crippen molar-refractivity contribution in [1.82, 2.24) is 0 Å². The van der Waals surface area contributed by atoms with Crippen LogP contribution < -0.4 is 14.8 Å². The van der Waals surface area contributed by atoms with Gasteiger partial charge in [-0.05, 0) is 42.5 Å². The lowest BCUT2D eigenvalue weighted by Gasteiger charge is -2.08. The van der Waals surface area contributed by atoms with Gasteiger partial charge in [0.1, 0.15) is 17.1 Å². The fourth-order valence-electron chi connectivity index (χ4n) is 3.11. The van der Waals surface area contributed by atoms with Crippen molar-refractivity contribution in [2.24, 2.45) is 0 Å². The number of methoxy groups -OCH3 is 1. The molecule has 6 nitrogen and oxygen atoms in total. The molecule has 3 aromatic carbocycles. The number of benzene rings is 3. The normalized spacial score (nSPS) is 10.6. The molecule has 0 bridgehead atoms. The summed E-state index contributed by atoms with van der Waals surface area (Å²) in [6, 6.07) is 20.8. The first kappa shape index (κ1) is 20.5. The molecule has 1 heterocycles. The third-order valence-electron chi connectivity index (χ3n) is 4.59. The van der Waals surface area contributed by atoms with E-state index >= 15 is 0 Å². The minimum atomic E-state index is -0.419. The molecule has 0 aliphatic rings. The van der Waals surface area contributed by atoms with E-state index in [0.29, 0.717) is 33.1 Å². The Hall–Kier alpha value is -3.77. The van der Waals surface area contributed by atoms with Crippen LogP contribution >= 0.6 is 11.6 Å². The molecule has 1 amide bonds. The smallest absolute Gasteiger partial charge is 0.262 e. The van der Waals surface area contributed by atoms with E-state index in [1.807, 2.05) is 18.2 Å². The van der Waals surface area contributed by atoms with E-state index < -0.39 is 11.7 Å². The highest BCUT2D eigenvalue weighted by molar-refractivity contribution is 6.32. The van der Waals surface area contributed by atoms with E-state index in [1.165, 1.54) is 13.2 Å². The minimum Gasteiger partial charge on any atom is -0.495 e. The number of para-hydroxylation sites is 2. The summed E-state index contributed by atoms with van der Waals surface area (Å²) in [5.41, 5.74) is 1.07. The molecule has 0 spiro atoms. The van der Waals surface area contributed by atoms with Gasteiger partial charge < -0.3 is 19.2 Å². The Morgan fingerprint density at radius 2 is 1.74 bits per heavy atom. The largest absolute Gasteiger partial charge is 0.495 e. The second-order valence-corrected chi connectivity index (χ2v) is 7.04. The van der Waals surface area contributed by atoms with E-state index in [-0.39, 0.29) is 18.1 Å². The molecule has 31 heavy (non-hydrogen) atoms. The molecule has 4 aromatic rings. The van der Waals surface area contributed by atoms with Gasteiger partial charge in [-0.3, -0.25) is 9.59 Å². The molecule has 0 radical (unpaired) electrons. The van der Waals surface area contributed by atoms with Gasteiger partial charge in [-0.25, -0.2) is 0 Å². The maximum absolute atomic E-state index is 13.2. The minimum absolute atomic E-state index is 0.00972. The van der Waals surface area contributed by atoms with Crippen LogP contribution in [0.4, 0.5) is 5.69 Å². The second kappa shape index (κ2) is 8.93. The standard InChI is InChI=1S/C24H18ClNO5/c1-29-20-12-11-15(13-18(20)25)23(28)24-22(17-9-5-6-10-19(17)31-24)26-21(27)14-30-16-7-3-2-4-8-16/h2-13H,14H2,1H3,(H,26,27). The van der Waals surface area contributed by atoms with Crippen LogP contribution in [0, 0.1) is 0 Å². The maximum Gasteiger partial charge on any atom is 0.262 e. The highest BCUT2D eigenvalue weighted by Crippen LogP contribution is 2.34. The van der Waals surface area contributed by atoms with Crippen molar-refractivity contribution in [1.29, 1.82) is 0 Å². The van der Waals surface area contributed by atoms with Gasteiger partial charge in [-0.1, -0.05) is 41.9 Å². The van der Waals surface area contributed by atoms with Gasteiger partial charge in [0, 0.05) is 10.9 Å². The van der Waals surface area contributed by atoms with Gasteiger partial charge in [-0.2, -0.15) is 0 Å². The predicted molar refractivity (Wildman–Crippen MR) is 118 cm³/mol. The Kier molecular flexibility index (Phi) is 5.91. The molecule has 1 N–H and O–H groups in total. The van der Waals surface area contributed by atoms with E-state index in [4.69, 9.17) is 25.5 Å². The van der Waals surface area contributed by atoms with Gasteiger partial charge in [-0.15, -0.1) is 0 Å². The second-order valence-electron chi connectivity index (χ2n) is 6.63. The fraction of sp³-hybridized carbons (Fsp3) is 0.0833. The predicted octanol–water partition coefficient (Wildman–Crippen LogP) is 5.34. The number of hydrogen-bond acceptors (Lipinski definition) is 5. The van der Waals surface area contributed by atoms with Crippen LogP contribution in [0.1, 0.15) is 16.1 Å². The first-order chi connectivity index (χ1) is 15.1. The lowest BCUT2D eigenvalue weighted by Crippen LogP contribution is -2.21. The van der Waals surface area contributed by atoms with Crippen LogP contribution in [-0.2, 0) is 4.79 Å². The van der Waals surface area contributed by atoms with Crippen LogP contribution in [0.15, 0.2) is 77.2 Å². The molecule has 0 saturated heterocycles. The fourth-order valence-corrected chi connectivity index (χ4v) is 3.37. The number of fused-ring (bicyclic) bond motifs is 1. The van der Waals surface area contributed by atoms with Crippen LogP contribution in [0.3, 0.4) is 0 Å². The van der Waals surface area contributed by atoms with Crippen LogP contribution in [0.5, 0.6) is 11.5 Å². The average molecular weight is 436 g/mol. The summed E-state index contributed by atoms with van der Waals surface area (Å²) in [6.07, 6.45) is 0. The molecule has 7 heteroatoms. The van der Waals surface area contributed by atoms with Gasteiger partial charge in [0.25, 0.3) is 5.91 Å². The number of carbonyl (C=O) groups excluding carboxylic acids is 2. The van der Waals surface area contributed by atoms with E-state index in [0.717, 1.165) is 0 Å². The Balaban J connectivity index is 1.63. The molecule has 0 aliphatic heterocycles. The van der Waals surface area contributed by atoms with Crippen molar-refractivity contribution in [2.75, 3.05) is 19.0 Å². The van der Waals surface area contributed by atoms with Crippen LogP contribution in [0.25, 0.3) is 11.0 Å². The number of carbonyl (C=O) groups is 2. The average Bonchev–Trinajstić information content (AvgIpc) is 3.16. The van der Waals surface area contributed by atoms with Crippen molar-refractivity contribution < 1.29 is 23.5 Å². The Bertz CT molecular complexity index is 1250. The van der Waals surface area contributed by atoms with Crippen molar-refractivity contribution >= 4 is 39.9 Å². The third kappa shape index (κ3) is 4.39. The summed E-state index contributed by atoms with van der Waals surface area (Å²) in [6.45, 7) is -0.217. The number of ketones is 1. The molecule has 156 valence electrons. The number of hydrogen-bond donors (Lipinski definition) is 1. The summed E-state index contributed by atoms with van der Waals surface area (Å²) >= 11 is 6.17. The zero-order valence-electron chi connectivity index (χ0n) is 16.6. The van der Waals surface area contributed by atoms with Crippen molar-refractivity contribution in [3.05, 3.63) is 89.1 Å². The molecule has 0 aliphatic carbocycles. The van der Waals surface area contributed by atoms with E-state index in [2.05, 4.69) is 5.32 Å². The van der Waals surface area contributed by atoms with Crippen molar-refractivity contribution in [3.63, 3.8) is 0 Å². The number of anilines is 1. The number of nitrogens with one attached hydrogen (secondary N) is 1. The van der Waals surface area contributed by atoms with Crippen molar-refractivity contribution in [3.8, 4) is 11.5 Å². The molecule has 1 aromatic heterocycles. The van der Waals surface area contributed by atoms with E-state index in [9.17, 15) is 9.59 Å². The maximum atomic E-state index is 13.2. The van der Waals surface area contributed by atoms with Crippen LogP contribution in [-0.4, -0.2) is 25.4 Å². The molecule has 0 fully saturated rings. The Morgan fingerprint density at radius 3 is 2.48 bits per heavy atom. The summed E-state index contributed by atoms with van der Waals surface area (Å²) in [5, 5.41) is 3.66. The summed E-state index contributed by atoms with van der Waals surface area (Å²) in [5.74, 6) is 0.195. The summed E-state index contributed by atoms with van der Waals surface area (Å²) in [4.78, 5) is 25.7. The third-order valence-corrected chi connectivity index (χ3v) is 4.89. The first-order valence-corrected chi connectivity index (χ1v) is 9.82. The van der Waals surface area contributed by atoms with Gasteiger partial charge in [0.05, 0.1) is 17.8 Å². The SMILES string of the molecule is COc1ccc(C(=O)c2oc3ccccc3c2NC(=O)COc2ccccc2)cc1Cl.